The topological polar surface area (TPSA) is 53.8 Å². The highest BCUT2D eigenvalue weighted by Gasteiger charge is 2.23. The molecule has 1 aromatic carbocycles. The van der Waals surface area contributed by atoms with Gasteiger partial charge in [0, 0.05) is 31.6 Å². The first kappa shape index (κ1) is 15.5. The van der Waals surface area contributed by atoms with Crippen molar-refractivity contribution in [2.24, 2.45) is 0 Å². The maximum Gasteiger partial charge on any atom is 0.349 e. The second-order valence-corrected chi connectivity index (χ2v) is 5.08. The fraction of sp³-hybridized carbons (Fsp3) is 0.333. The highest BCUT2D eigenvalue weighted by molar-refractivity contribution is 5.96. The summed E-state index contributed by atoms with van der Waals surface area (Å²) in [5.41, 5.74) is 0.0632. The van der Waals surface area contributed by atoms with Crippen molar-refractivity contribution in [1.29, 1.82) is 0 Å². The third-order valence-corrected chi connectivity index (χ3v) is 3.66. The van der Waals surface area contributed by atoms with Crippen molar-refractivity contribution >= 4 is 29.3 Å². The van der Waals surface area contributed by atoms with Gasteiger partial charge in [-0.1, -0.05) is 18.2 Å². The van der Waals surface area contributed by atoms with E-state index >= 15 is 0 Å². The van der Waals surface area contributed by atoms with Gasteiger partial charge in [-0.05, 0) is 19.2 Å². The van der Waals surface area contributed by atoms with Crippen LogP contribution in [0.3, 0.4) is 0 Å². The zero-order chi connectivity index (χ0) is 14.1. The van der Waals surface area contributed by atoms with E-state index in [-0.39, 0.29) is 23.9 Å². The fourth-order valence-electron chi connectivity index (χ4n) is 2.39. The van der Waals surface area contributed by atoms with E-state index in [4.69, 9.17) is 4.42 Å². The summed E-state index contributed by atoms with van der Waals surface area (Å²) in [7, 11) is 2.02. The lowest BCUT2D eigenvalue weighted by atomic mass is 10.1. The summed E-state index contributed by atoms with van der Waals surface area (Å²) in [6, 6.07) is 8.83. The Balaban J connectivity index is 0.00000161. The normalized spacial score (nSPS) is 15.8. The number of carbonyl (C=O) groups is 1. The molecule has 1 aliphatic rings. The van der Waals surface area contributed by atoms with Crippen molar-refractivity contribution in [2.75, 3.05) is 33.2 Å². The van der Waals surface area contributed by atoms with Gasteiger partial charge in [0.15, 0.2) is 0 Å². The number of hydrogen-bond acceptors (Lipinski definition) is 4. The monoisotopic (exact) mass is 308 g/mol. The van der Waals surface area contributed by atoms with E-state index in [2.05, 4.69) is 4.90 Å². The molecule has 0 N–H and O–H groups in total. The molecule has 0 atom stereocenters. The molecule has 1 aliphatic heterocycles. The summed E-state index contributed by atoms with van der Waals surface area (Å²) in [6.45, 7) is 2.93. The standard InChI is InChI=1S/C15H16N2O3.ClH/c1-16-6-8-17(9-7-16)14(18)12-10-11-4-2-3-5-13(11)20-15(12)19;/h2-5,10H,6-9H2,1H3;1H. The summed E-state index contributed by atoms with van der Waals surface area (Å²) in [5, 5.41) is 0.768. The molecule has 5 nitrogen and oxygen atoms in total. The molecule has 1 saturated heterocycles. The summed E-state index contributed by atoms with van der Waals surface area (Å²) >= 11 is 0. The van der Waals surface area contributed by atoms with Crippen LogP contribution in [0.15, 0.2) is 39.5 Å². The van der Waals surface area contributed by atoms with Crippen LogP contribution in [0.4, 0.5) is 0 Å². The molecule has 21 heavy (non-hydrogen) atoms. The first-order valence-corrected chi connectivity index (χ1v) is 6.66. The molecule has 2 heterocycles. The lowest BCUT2D eigenvalue weighted by molar-refractivity contribution is 0.0660. The summed E-state index contributed by atoms with van der Waals surface area (Å²) < 4.78 is 5.21. The molecule has 6 heteroatoms. The van der Waals surface area contributed by atoms with Crippen molar-refractivity contribution in [3.8, 4) is 0 Å². The van der Waals surface area contributed by atoms with Crippen LogP contribution in [-0.2, 0) is 0 Å². The van der Waals surface area contributed by atoms with Gasteiger partial charge in [0.1, 0.15) is 11.1 Å². The number of nitrogens with zero attached hydrogens (tertiary/aromatic N) is 2. The third-order valence-electron chi connectivity index (χ3n) is 3.66. The largest absolute Gasteiger partial charge is 0.422 e. The molecular formula is C15H17ClN2O3. The van der Waals surface area contributed by atoms with Crippen molar-refractivity contribution in [3.05, 3.63) is 46.3 Å². The molecular weight excluding hydrogens is 292 g/mol. The van der Waals surface area contributed by atoms with Gasteiger partial charge in [-0.25, -0.2) is 4.79 Å². The summed E-state index contributed by atoms with van der Waals surface area (Å²) in [6.07, 6.45) is 0. The number of halogens is 1. The highest BCUT2D eigenvalue weighted by atomic mass is 35.5. The zero-order valence-electron chi connectivity index (χ0n) is 11.7. The molecule has 3 rings (SSSR count). The zero-order valence-corrected chi connectivity index (χ0v) is 12.6. The minimum Gasteiger partial charge on any atom is -0.422 e. The van der Waals surface area contributed by atoms with Crippen LogP contribution in [-0.4, -0.2) is 48.9 Å². The van der Waals surface area contributed by atoms with Crippen LogP contribution < -0.4 is 5.63 Å². The predicted molar refractivity (Wildman–Crippen MR) is 83.1 cm³/mol. The van der Waals surface area contributed by atoms with Crippen molar-refractivity contribution in [1.82, 2.24) is 9.80 Å². The molecule has 1 aromatic heterocycles. The molecule has 1 amide bonds. The van der Waals surface area contributed by atoms with Crippen LogP contribution in [0, 0.1) is 0 Å². The molecule has 0 aliphatic carbocycles. The minimum absolute atomic E-state index is 0. The van der Waals surface area contributed by atoms with Crippen LogP contribution in [0.25, 0.3) is 11.0 Å². The molecule has 0 saturated carbocycles. The summed E-state index contributed by atoms with van der Waals surface area (Å²) in [4.78, 5) is 28.2. The number of para-hydroxylation sites is 1. The van der Waals surface area contributed by atoms with Gasteiger partial charge in [-0.15, -0.1) is 12.4 Å². The van der Waals surface area contributed by atoms with Gasteiger partial charge in [0.25, 0.3) is 5.91 Å². The quantitative estimate of drug-likeness (QED) is 0.751. The van der Waals surface area contributed by atoms with Gasteiger partial charge in [-0.2, -0.15) is 0 Å². The van der Waals surface area contributed by atoms with E-state index in [1.807, 2.05) is 19.2 Å². The van der Waals surface area contributed by atoms with Crippen LogP contribution >= 0.6 is 12.4 Å². The van der Waals surface area contributed by atoms with Gasteiger partial charge in [0.2, 0.25) is 0 Å². The molecule has 0 spiro atoms. The van der Waals surface area contributed by atoms with Gasteiger partial charge in [0.05, 0.1) is 0 Å². The predicted octanol–water partition coefficient (Wildman–Crippen LogP) is 1.60. The van der Waals surface area contributed by atoms with E-state index in [1.165, 1.54) is 0 Å². The Labute approximate surface area is 128 Å². The van der Waals surface area contributed by atoms with E-state index in [0.29, 0.717) is 18.7 Å². The number of piperazine rings is 1. The van der Waals surface area contributed by atoms with E-state index in [0.717, 1.165) is 18.5 Å². The average molecular weight is 309 g/mol. The lowest BCUT2D eigenvalue weighted by Crippen LogP contribution is -2.48. The number of likely N-dealkylation sites (N-methyl/N-ethyl adjacent to an activating group) is 1. The van der Waals surface area contributed by atoms with Crippen molar-refractivity contribution in [3.63, 3.8) is 0 Å². The SMILES string of the molecule is CN1CCN(C(=O)c2cc3ccccc3oc2=O)CC1.Cl. The molecule has 0 bridgehead atoms. The molecule has 0 unspecified atom stereocenters. The maximum absolute atomic E-state index is 12.4. The number of carbonyl (C=O) groups excluding carboxylic acids is 1. The van der Waals surface area contributed by atoms with Crippen LogP contribution in [0.2, 0.25) is 0 Å². The molecule has 0 radical (unpaired) electrons. The Morgan fingerprint density at radius 3 is 2.52 bits per heavy atom. The van der Waals surface area contributed by atoms with E-state index in [9.17, 15) is 9.59 Å². The number of fused-ring (bicyclic) bond motifs is 1. The van der Waals surface area contributed by atoms with Gasteiger partial charge < -0.3 is 14.2 Å². The number of hydrogen-bond donors (Lipinski definition) is 0. The number of benzene rings is 1. The van der Waals surface area contributed by atoms with E-state index in [1.54, 1.807) is 23.1 Å². The fourth-order valence-corrected chi connectivity index (χ4v) is 2.39. The second-order valence-electron chi connectivity index (χ2n) is 5.08. The Morgan fingerprint density at radius 2 is 1.81 bits per heavy atom. The Morgan fingerprint density at radius 1 is 1.14 bits per heavy atom. The Hall–Kier alpha value is -1.85. The first-order valence-electron chi connectivity index (χ1n) is 6.66. The lowest BCUT2D eigenvalue weighted by Gasteiger charge is -2.32. The van der Waals surface area contributed by atoms with Crippen molar-refractivity contribution < 1.29 is 9.21 Å². The number of amides is 1. The Bertz CT molecular complexity index is 705. The number of rotatable bonds is 1. The maximum atomic E-state index is 12.4. The molecule has 112 valence electrons. The smallest absolute Gasteiger partial charge is 0.349 e. The van der Waals surface area contributed by atoms with Crippen LogP contribution in [0.5, 0.6) is 0 Å². The summed E-state index contributed by atoms with van der Waals surface area (Å²) in [5.74, 6) is -0.238. The first-order chi connectivity index (χ1) is 9.65. The van der Waals surface area contributed by atoms with Gasteiger partial charge >= 0.3 is 5.63 Å². The third kappa shape index (κ3) is 3.09. The van der Waals surface area contributed by atoms with Crippen LogP contribution in [0.1, 0.15) is 10.4 Å². The van der Waals surface area contributed by atoms with Crippen molar-refractivity contribution in [2.45, 2.75) is 0 Å². The average Bonchev–Trinajstić information content (AvgIpc) is 2.46. The van der Waals surface area contributed by atoms with E-state index < -0.39 is 5.63 Å². The molecule has 2 aromatic rings. The highest BCUT2D eigenvalue weighted by Crippen LogP contribution is 2.14. The Kier molecular flexibility index (Phi) is 4.65. The second kappa shape index (κ2) is 6.28. The minimum atomic E-state index is -0.562. The van der Waals surface area contributed by atoms with Gasteiger partial charge in [-0.3, -0.25) is 4.79 Å². The molecule has 1 fully saturated rings.